The second-order valence-electron chi connectivity index (χ2n) is 4.53. The summed E-state index contributed by atoms with van der Waals surface area (Å²) in [5, 5.41) is 29.3. The van der Waals surface area contributed by atoms with Crippen LogP contribution >= 0.6 is 0 Å². The lowest BCUT2D eigenvalue weighted by Gasteiger charge is -2.40. The fraction of sp³-hybridized carbons (Fsp3) is 0.636. The van der Waals surface area contributed by atoms with E-state index in [0.29, 0.717) is 0 Å². The maximum atomic E-state index is 12.4. The van der Waals surface area contributed by atoms with E-state index in [1.807, 2.05) is 4.98 Å². The van der Waals surface area contributed by atoms with Crippen molar-refractivity contribution in [3.8, 4) is 0 Å². The third kappa shape index (κ3) is 2.66. The van der Waals surface area contributed by atoms with E-state index in [1.54, 1.807) is 0 Å². The highest BCUT2D eigenvalue weighted by atomic mass is 19.1. The summed E-state index contributed by atoms with van der Waals surface area (Å²) in [5.74, 6) is 0. The molecule has 0 aliphatic carbocycles. The molecule has 20 heavy (non-hydrogen) atoms. The molecule has 9 heteroatoms. The second kappa shape index (κ2) is 5.83. The molecular weight excluding hydrogens is 275 g/mol. The van der Waals surface area contributed by atoms with E-state index < -0.39 is 48.6 Å². The number of aromatic nitrogens is 2. The third-order valence-corrected chi connectivity index (χ3v) is 3.21. The predicted octanol–water partition coefficient (Wildman–Crippen LogP) is -2.12. The molecule has 0 saturated carbocycles. The quantitative estimate of drug-likeness (QED) is 0.504. The van der Waals surface area contributed by atoms with Crippen LogP contribution in [0.15, 0.2) is 21.9 Å². The minimum Gasteiger partial charge on any atom is -0.388 e. The van der Waals surface area contributed by atoms with Crippen LogP contribution in [-0.2, 0) is 4.74 Å². The minimum atomic E-state index is -1.59. The summed E-state index contributed by atoms with van der Waals surface area (Å²) in [6, 6.07) is 1.04. The Balaban J connectivity index is 2.34. The van der Waals surface area contributed by atoms with Crippen LogP contribution in [0.5, 0.6) is 0 Å². The second-order valence-corrected chi connectivity index (χ2v) is 4.53. The van der Waals surface area contributed by atoms with Crippen LogP contribution in [0, 0.1) is 0 Å². The average molecular weight is 290 g/mol. The first-order valence-corrected chi connectivity index (χ1v) is 6.03. The molecule has 4 N–H and O–H groups in total. The van der Waals surface area contributed by atoms with Gasteiger partial charge in [-0.15, -0.1) is 0 Å². The van der Waals surface area contributed by atoms with Gasteiger partial charge in [-0.2, -0.15) is 0 Å². The van der Waals surface area contributed by atoms with Crippen molar-refractivity contribution in [1.82, 2.24) is 9.55 Å². The Morgan fingerprint density at radius 2 is 1.95 bits per heavy atom. The smallest absolute Gasteiger partial charge is 0.330 e. The van der Waals surface area contributed by atoms with Crippen molar-refractivity contribution in [2.45, 2.75) is 37.1 Å². The van der Waals surface area contributed by atoms with Crippen LogP contribution in [0.25, 0.3) is 0 Å². The van der Waals surface area contributed by atoms with E-state index in [1.165, 1.54) is 0 Å². The molecule has 0 spiro atoms. The molecule has 1 aromatic rings. The number of aromatic amines is 1. The number of rotatable bonds is 3. The van der Waals surface area contributed by atoms with Crippen molar-refractivity contribution in [2.24, 2.45) is 0 Å². The maximum absolute atomic E-state index is 12.4. The highest BCUT2D eigenvalue weighted by Gasteiger charge is 2.44. The van der Waals surface area contributed by atoms with Gasteiger partial charge >= 0.3 is 5.69 Å². The van der Waals surface area contributed by atoms with Gasteiger partial charge in [0.25, 0.3) is 5.56 Å². The monoisotopic (exact) mass is 290 g/mol. The van der Waals surface area contributed by atoms with Crippen molar-refractivity contribution in [3.05, 3.63) is 33.1 Å². The number of hydrogen-bond donors (Lipinski definition) is 4. The molecule has 112 valence electrons. The Morgan fingerprint density at radius 1 is 1.25 bits per heavy atom. The number of ether oxygens (including phenoxy) is 1. The third-order valence-electron chi connectivity index (χ3n) is 3.21. The number of halogens is 1. The van der Waals surface area contributed by atoms with E-state index in [-0.39, 0.29) is 6.42 Å². The summed E-state index contributed by atoms with van der Waals surface area (Å²) in [5.41, 5.74) is -1.47. The van der Waals surface area contributed by atoms with Crippen LogP contribution in [0.2, 0.25) is 0 Å². The molecule has 1 saturated heterocycles. The van der Waals surface area contributed by atoms with Crippen LogP contribution in [0.4, 0.5) is 4.39 Å². The number of H-pyrrole nitrogens is 1. The van der Waals surface area contributed by atoms with Crippen molar-refractivity contribution in [2.75, 3.05) is 6.67 Å². The van der Waals surface area contributed by atoms with Gasteiger partial charge in [-0.05, 0) is 0 Å². The highest BCUT2D eigenvalue weighted by Crippen LogP contribution is 2.28. The number of nitrogens with one attached hydrogen (secondary N) is 1. The molecule has 1 fully saturated rings. The topological polar surface area (TPSA) is 125 Å². The molecule has 1 aromatic heterocycles. The standard InChI is InChI=1S/C11H15FN2O6/c12-3-1-5-7(16)8(17)9(18)10(20-5)14-4-2-6(15)13-11(14)19/h2,4-5,7-10,16-18H,1,3H2,(H,13,15,19)/t5-,7-,8-,9+,10-/m1/s1. The van der Waals surface area contributed by atoms with E-state index in [4.69, 9.17) is 4.74 Å². The van der Waals surface area contributed by atoms with Crippen molar-refractivity contribution in [1.29, 1.82) is 0 Å². The molecule has 1 aliphatic heterocycles. The Hall–Kier alpha value is -1.55. The molecular formula is C11H15FN2O6. The first kappa shape index (κ1) is 14.9. The molecule has 0 aromatic carbocycles. The summed E-state index contributed by atoms with van der Waals surface area (Å²) in [6.45, 7) is -0.794. The number of hydrogen-bond acceptors (Lipinski definition) is 6. The lowest BCUT2D eigenvalue weighted by Crippen LogP contribution is -2.57. The highest BCUT2D eigenvalue weighted by molar-refractivity contribution is 4.93. The largest absolute Gasteiger partial charge is 0.388 e. The van der Waals surface area contributed by atoms with Gasteiger partial charge in [-0.1, -0.05) is 0 Å². The minimum absolute atomic E-state index is 0.195. The van der Waals surface area contributed by atoms with Crippen LogP contribution in [0.3, 0.4) is 0 Å². The Labute approximate surface area is 112 Å². The molecule has 2 rings (SSSR count). The molecule has 0 unspecified atom stereocenters. The van der Waals surface area contributed by atoms with Gasteiger partial charge in [0.15, 0.2) is 6.23 Å². The number of aliphatic hydroxyl groups excluding tert-OH is 3. The fourth-order valence-corrected chi connectivity index (χ4v) is 2.13. The zero-order valence-electron chi connectivity index (χ0n) is 10.3. The maximum Gasteiger partial charge on any atom is 0.330 e. The van der Waals surface area contributed by atoms with Gasteiger partial charge in [0.2, 0.25) is 0 Å². The van der Waals surface area contributed by atoms with Gasteiger partial charge in [-0.25, -0.2) is 4.79 Å². The lowest BCUT2D eigenvalue weighted by atomic mass is 9.96. The van der Waals surface area contributed by atoms with Gasteiger partial charge in [-0.3, -0.25) is 18.7 Å². The van der Waals surface area contributed by atoms with Gasteiger partial charge < -0.3 is 20.1 Å². The van der Waals surface area contributed by atoms with Crippen molar-refractivity contribution < 1.29 is 24.4 Å². The van der Waals surface area contributed by atoms with Crippen molar-refractivity contribution >= 4 is 0 Å². The average Bonchev–Trinajstić information content (AvgIpc) is 2.40. The zero-order chi connectivity index (χ0) is 14.9. The molecule has 0 bridgehead atoms. The summed E-state index contributed by atoms with van der Waals surface area (Å²) in [7, 11) is 0. The van der Waals surface area contributed by atoms with Crippen molar-refractivity contribution in [3.63, 3.8) is 0 Å². The Kier molecular flexibility index (Phi) is 4.33. The van der Waals surface area contributed by atoms with E-state index >= 15 is 0 Å². The summed E-state index contributed by atoms with van der Waals surface area (Å²) >= 11 is 0. The van der Waals surface area contributed by atoms with Crippen LogP contribution in [0.1, 0.15) is 12.6 Å². The lowest BCUT2D eigenvalue weighted by molar-refractivity contribution is -0.247. The number of alkyl halides is 1. The molecule has 2 heterocycles. The number of aliphatic hydroxyl groups is 3. The summed E-state index contributed by atoms with van der Waals surface area (Å²) < 4.78 is 18.5. The normalized spacial score (nSPS) is 34.1. The number of nitrogens with zero attached hydrogens (tertiary/aromatic N) is 1. The first-order valence-electron chi connectivity index (χ1n) is 6.03. The molecule has 0 radical (unpaired) electrons. The molecule has 5 atom stereocenters. The molecule has 0 amide bonds. The molecule has 1 aliphatic rings. The summed E-state index contributed by atoms with van der Waals surface area (Å²) in [4.78, 5) is 24.6. The first-order chi connectivity index (χ1) is 9.45. The zero-order valence-corrected chi connectivity index (χ0v) is 10.3. The Bertz CT molecular complexity index is 573. The van der Waals surface area contributed by atoms with Crippen LogP contribution < -0.4 is 11.2 Å². The fourth-order valence-electron chi connectivity index (χ4n) is 2.13. The summed E-state index contributed by atoms with van der Waals surface area (Å²) in [6.07, 6.45) is -6.15. The predicted molar refractivity (Wildman–Crippen MR) is 63.8 cm³/mol. The van der Waals surface area contributed by atoms with Gasteiger partial charge in [0.05, 0.1) is 12.8 Å². The van der Waals surface area contributed by atoms with Gasteiger partial charge in [0.1, 0.15) is 18.3 Å². The van der Waals surface area contributed by atoms with Gasteiger partial charge in [0, 0.05) is 18.7 Å². The van der Waals surface area contributed by atoms with Crippen LogP contribution in [-0.4, -0.2) is 56.0 Å². The SMILES string of the molecule is O=c1ccn([C@@H]2O[C@H](CCF)[C@@H](O)[C@@H](O)[C@@H]2O)c(=O)[nH]1. The van der Waals surface area contributed by atoms with E-state index in [0.717, 1.165) is 16.8 Å². The Morgan fingerprint density at radius 3 is 2.55 bits per heavy atom. The molecule has 8 nitrogen and oxygen atoms in total. The van der Waals surface area contributed by atoms with E-state index in [2.05, 4.69) is 0 Å². The van der Waals surface area contributed by atoms with E-state index in [9.17, 15) is 29.3 Å².